The van der Waals surface area contributed by atoms with E-state index in [2.05, 4.69) is 41.4 Å². The molecule has 1 unspecified atom stereocenters. The molecule has 1 amide bonds. The van der Waals surface area contributed by atoms with E-state index in [0.29, 0.717) is 13.0 Å². The molecule has 1 heterocycles. The Hall–Kier alpha value is -1.55. The Labute approximate surface area is 152 Å². The molecule has 2 fully saturated rings. The molecule has 0 spiro atoms. The van der Waals surface area contributed by atoms with Crippen LogP contribution in [-0.2, 0) is 4.79 Å². The number of carbonyl (C=O) groups is 1. The molecule has 2 aliphatic rings. The number of amides is 1. The predicted molar refractivity (Wildman–Crippen MR) is 104 cm³/mol. The largest absolute Gasteiger partial charge is 0.372 e. The molecule has 1 saturated carbocycles. The van der Waals surface area contributed by atoms with Gasteiger partial charge in [0.25, 0.3) is 0 Å². The van der Waals surface area contributed by atoms with Gasteiger partial charge in [0.1, 0.15) is 0 Å². The highest BCUT2D eigenvalue weighted by Crippen LogP contribution is 2.38. The summed E-state index contributed by atoms with van der Waals surface area (Å²) in [6.07, 6.45) is 9.00. The molecule has 25 heavy (non-hydrogen) atoms. The van der Waals surface area contributed by atoms with Crippen LogP contribution >= 0.6 is 0 Å². The highest BCUT2D eigenvalue weighted by molar-refractivity contribution is 5.77. The van der Waals surface area contributed by atoms with Crippen LogP contribution in [-0.4, -0.2) is 25.5 Å². The second kappa shape index (κ2) is 8.22. The molecular formula is C21H33N3O. The summed E-state index contributed by atoms with van der Waals surface area (Å²) < 4.78 is 0. The third kappa shape index (κ3) is 4.55. The third-order valence-corrected chi connectivity index (χ3v) is 6.10. The van der Waals surface area contributed by atoms with Gasteiger partial charge in [0, 0.05) is 25.2 Å². The maximum Gasteiger partial charge on any atom is 0.221 e. The van der Waals surface area contributed by atoms with Crippen molar-refractivity contribution in [2.45, 2.75) is 64.3 Å². The van der Waals surface area contributed by atoms with Crippen LogP contribution in [0.2, 0.25) is 0 Å². The van der Waals surface area contributed by atoms with E-state index in [1.54, 1.807) is 0 Å². The molecule has 0 bridgehead atoms. The first-order valence-corrected chi connectivity index (χ1v) is 9.96. The number of anilines is 1. The lowest BCUT2D eigenvalue weighted by Gasteiger charge is -2.36. The molecule has 1 atom stereocenters. The van der Waals surface area contributed by atoms with E-state index in [1.165, 1.54) is 43.4 Å². The van der Waals surface area contributed by atoms with E-state index >= 15 is 0 Å². The fourth-order valence-electron chi connectivity index (χ4n) is 4.44. The van der Waals surface area contributed by atoms with Gasteiger partial charge in [0.05, 0.1) is 6.04 Å². The van der Waals surface area contributed by atoms with E-state index < -0.39 is 0 Å². The molecule has 4 heteroatoms. The van der Waals surface area contributed by atoms with Gasteiger partial charge in [-0.1, -0.05) is 31.4 Å². The molecule has 0 aromatic heterocycles. The predicted octanol–water partition coefficient (Wildman–Crippen LogP) is 3.76. The smallest absolute Gasteiger partial charge is 0.221 e. The first-order chi connectivity index (χ1) is 12.1. The zero-order chi connectivity index (χ0) is 17.7. The lowest BCUT2D eigenvalue weighted by atomic mass is 9.71. The summed E-state index contributed by atoms with van der Waals surface area (Å²) in [5.41, 5.74) is 8.52. The minimum absolute atomic E-state index is 0.0272. The fraction of sp³-hybridized carbons (Fsp3) is 0.667. The SMILES string of the molecule is CC(NC(=O)CC1(CN)CCCCC1)c1cccc(N2CCCC2)c1. The van der Waals surface area contributed by atoms with E-state index in [-0.39, 0.29) is 17.4 Å². The van der Waals surface area contributed by atoms with Crippen LogP contribution in [0, 0.1) is 5.41 Å². The Morgan fingerprint density at radius 2 is 1.92 bits per heavy atom. The van der Waals surface area contributed by atoms with Gasteiger partial charge in [-0.25, -0.2) is 0 Å². The van der Waals surface area contributed by atoms with Crippen molar-refractivity contribution in [2.24, 2.45) is 11.1 Å². The second-order valence-electron chi connectivity index (χ2n) is 8.02. The van der Waals surface area contributed by atoms with Crippen LogP contribution in [0.25, 0.3) is 0 Å². The molecule has 1 saturated heterocycles. The summed E-state index contributed by atoms with van der Waals surface area (Å²) in [6.45, 7) is 4.99. The number of rotatable bonds is 6. The minimum Gasteiger partial charge on any atom is -0.372 e. The average Bonchev–Trinajstić information content (AvgIpc) is 3.17. The van der Waals surface area contributed by atoms with E-state index in [4.69, 9.17) is 5.73 Å². The van der Waals surface area contributed by atoms with Gasteiger partial charge >= 0.3 is 0 Å². The van der Waals surface area contributed by atoms with E-state index in [1.807, 2.05) is 0 Å². The summed E-state index contributed by atoms with van der Waals surface area (Å²) in [4.78, 5) is 15.1. The Bertz CT molecular complexity index is 574. The van der Waals surface area contributed by atoms with Crippen molar-refractivity contribution in [1.82, 2.24) is 5.32 Å². The van der Waals surface area contributed by atoms with Gasteiger partial charge < -0.3 is 16.0 Å². The summed E-state index contributed by atoms with van der Waals surface area (Å²) in [5.74, 6) is 0.145. The van der Waals surface area contributed by atoms with Crippen molar-refractivity contribution in [3.8, 4) is 0 Å². The lowest BCUT2D eigenvalue weighted by Crippen LogP contribution is -2.39. The normalized spacial score (nSPS) is 21.1. The summed E-state index contributed by atoms with van der Waals surface area (Å²) in [6, 6.07) is 8.66. The van der Waals surface area contributed by atoms with Crippen molar-refractivity contribution < 1.29 is 4.79 Å². The van der Waals surface area contributed by atoms with Gasteiger partial charge in [-0.2, -0.15) is 0 Å². The Kier molecular flexibility index (Phi) is 6.00. The summed E-state index contributed by atoms with van der Waals surface area (Å²) in [5, 5.41) is 3.21. The van der Waals surface area contributed by atoms with Crippen LogP contribution in [0.1, 0.15) is 69.9 Å². The number of nitrogens with one attached hydrogen (secondary N) is 1. The number of nitrogens with zero attached hydrogens (tertiary/aromatic N) is 1. The van der Waals surface area contributed by atoms with Gasteiger partial charge in [-0.05, 0) is 62.3 Å². The number of nitrogens with two attached hydrogens (primary N) is 1. The molecule has 1 aliphatic heterocycles. The summed E-state index contributed by atoms with van der Waals surface area (Å²) in [7, 11) is 0. The zero-order valence-electron chi connectivity index (χ0n) is 15.6. The molecule has 1 aliphatic carbocycles. The Morgan fingerprint density at radius 1 is 1.20 bits per heavy atom. The monoisotopic (exact) mass is 343 g/mol. The average molecular weight is 344 g/mol. The molecule has 3 N–H and O–H groups in total. The highest BCUT2D eigenvalue weighted by atomic mass is 16.1. The molecular weight excluding hydrogens is 310 g/mol. The quantitative estimate of drug-likeness (QED) is 0.827. The second-order valence-corrected chi connectivity index (χ2v) is 8.02. The van der Waals surface area contributed by atoms with Crippen molar-refractivity contribution in [3.63, 3.8) is 0 Å². The molecule has 3 rings (SSSR count). The first-order valence-electron chi connectivity index (χ1n) is 9.96. The standard InChI is InChI=1S/C21H33N3O/c1-17(18-8-7-9-19(14-18)24-12-5-6-13-24)23-20(25)15-21(16-22)10-3-2-4-11-21/h7-9,14,17H,2-6,10-13,15-16,22H2,1H3,(H,23,25). The highest BCUT2D eigenvalue weighted by Gasteiger charge is 2.33. The molecule has 1 aromatic carbocycles. The maximum absolute atomic E-state index is 12.6. The molecule has 0 radical (unpaired) electrons. The van der Waals surface area contributed by atoms with Crippen LogP contribution < -0.4 is 16.0 Å². The number of benzene rings is 1. The van der Waals surface area contributed by atoms with E-state index in [9.17, 15) is 4.79 Å². The van der Waals surface area contributed by atoms with Crippen LogP contribution in [0.3, 0.4) is 0 Å². The minimum atomic E-state index is 0.0272. The third-order valence-electron chi connectivity index (χ3n) is 6.10. The van der Waals surface area contributed by atoms with Crippen LogP contribution in [0.4, 0.5) is 5.69 Å². The number of hydrogen-bond donors (Lipinski definition) is 2. The van der Waals surface area contributed by atoms with Crippen molar-refractivity contribution >= 4 is 11.6 Å². The Morgan fingerprint density at radius 3 is 2.60 bits per heavy atom. The summed E-state index contributed by atoms with van der Waals surface area (Å²) >= 11 is 0. The maximum atomic E-state index is 12.6. The number of hydrogen-bond acceptors (Lipinski definition) is 3. The lowest BCUT2D eigenvalue weighted by molar-refractivity contribution is -0.124. The van der Waals surface area contributed by atoms with Gasteiger partial charge in [0.15, 0.2) is 0 Å². The fourth-order valence-corrected chi connectivity index (χ4v) is 4.44. The van der Waals surface area contributed by atoms with Crippen molar-refractivity contribution in [1.29, 1.82) is 0 Å². The Balaban J connectivity index is 1.60. The van der Waals surface area contributed by atoms with Crippen LogP contribution in [0.15, 0.2) is 24.3 Å². The molecule has 4 nitrogen and oxygen atoms in total. The molecule has 138 valence electrons. The van der Waals surface area contributed by atoms with Crippen molar-refractivity contribution in [3.05, 3.63) is 29.8 Å². The zero-order valence-corrected chi connectivity index (χ0v) is 15.6. The van der Waals surface area contributed by atoms with Crippen molar-refractivity contribution in [2.75, 3.05) is 24.5 Å². The number of carbonyl (C=O) groups excluding carboxylic acids is 1. The van der Waals surface area contributed by atoms with Gasteiger partial charge in [-0.15, -0.1) is 0 Å². The van der Waals surface area contributed by atoms with Gasteiger partial charge in [0.2, 0.25) is 5.91 Å². The van der Waals surface area contributed by atoms with E-state index in [0.717, 1.165) is 25.9 Å². The van der Waals surface area contributed by atoms with Gasteiger partial charge in [-0.3, -0.25) is 4.79 Å². The van der Waals surface area contributed by atoms with Crippen LogP contribution in [0.5, 0.6) is 0 Å². The first kappa shape index (κ1) is 18.2. The molecule has 1 aromatic rings. The topological polar surface area (TPSA) is 58.4 Å².